The highest BCUT2D eigenvalue weighted by Gasteiger charge is 2.37. The van der Waals surface area contributed by atoms with Gasteiger partial charge in [0.2, 0.25) is 0 Å². The summed E-state index contributed by atoms with van der Waals surface area (Å²) in [6, 6.07) is 7.89. The van der Waals surface area contributed by atoms with Gasteiger partial charge >= 0.3 is 0 Å². The van der Waals surface area contributed by atoms with Crippen LogP contribution in [0.5, 0.6) is 5.75 Å². The molecule has 0 bridgehead atoms. The highest BCUT2D eigenvalue weighted by atomic mass is 35.5. The first-order valence-electron chi connectivity index (χ1n) is 9.58. The predicted molar refractivity (Wildman–Crippen MR) is 114 cm³/mol. The van der Waals surface area contributed by atoms with Gasteiger partial charge in [-0.1, -0.05) is 11.6 Å². The zero-order valence-electron chi connectivity index (χ0n) is 16.6. The monoisotopic (exact) mass is 433 g/mol. The lowest BCUT2D eigenvalue weighted by Gasteiger charge is -2.19. The third-order valence-corrected chi connectivity index (χ3v) is 5.81. The Kier molecular flexibility index (Phi) is 5.62. The van der Waals surface area contributed by atoms with Crippen molar-refractivity contribution in [1.82, 2.24) is 14.9 Å². The standard InChI is InChI=1S/C21H22ClF2N5O/c1-11-5-12(20(24)29(11)2)9-30-19-8-18-14(7-17(19)25)21(27-10-26-18)28-13-3-4-16(23)15(22)6-13/h3-4,6-8,10-12,20H,5,9,25H2,1-2H3,(H,26,27,28). The van der Waals surface area contributed by atoms with E-state index in [1.807, 2.05) is 6.92 Å². The second-order valence-electron chi connectivity index (χ2n) is 7.58. The second-order valence-corrected chi connectivity index (χ2v) is 7.98. The molecule has 2 heterocycles. The molecule has 1 aromatic heterocycles. The van der Waals surface area contributed by atoms with E-state index in [0.717, 1.165) is 6.42 Å². The number of fused-ring (bicyclic) bond motifs is 1. The molecule has 9 heteroatoms. The first kappa shape index (κ1) is 20.6. The largest absolute Gasteiger partial charge is 0.491 e. The Morgan fingerprint density at radius 1 is 1.30 bits per heavy atom. The minimum Gasteiger partial charge on any atom is -0.491 e. The number of aromatic nitrogens is 2. The summed E-state index contributed by atoms with van der Waals surface area (Å²) in [5.41, 5.74) is 7.77. The number of likely N-dealkylation sites (tertiary alicyclic amines) is 1. The number of nitrogens with zero attached hydrogens (tertiary/aromatic N) is 3. The first-order valence-corrected chi connectivity index (χ1v) is 9.96. The van der Waals surface area contributed by atoms with Crippen LogP contribution in [0.15, 0.2) is 36.7 Å². The molecular weight excluding hydrogens is 412 g/mol. The Bertz CT molecular complexity index is 1080. The number of hydrogen-bond donors (Lipinski definition) is 2. The van der Waals surface area contributed by atoms with E-state index in [1.54, 1.807) is 30.1 Å². The van der Waals surface area contributed by atoms with Crippen LogP contribution in [0.4, 0.5) is 26.0 Å². The van der Waals surface area contributed by atoms with Crippen LogP contribution in [-0.4, -0.2) is 40.9 Å². The molecule has 3 atom stereocenters. The van der Waals surface area contributed by atoms with Crippen molar-refractivity contribution in [3.63, 3.8) is 0 Å². The zero-order valence-corrected chi connectivity index (χ0v) is 17.3. The minimum atomic E-state index is -1.04. The van der Waals surface area contributed by atoms with Gasteiger partial charge in [-0.05, 0) is 44.7 Å². The summed E-state index contributed by atoms with van der Waals surface area (Å²) in [6.07, 6.45) is 1.09. The summed E-state index contributed by atoms with van der Waals surface area (Å²) in [5, 5.41) is 3.77. The van der Waals surface area contributed by atoms with Crippen molar-refractivity contribution in [2.75, 3.05) is 24.7 Å². The van der Waals surface area contributed by atoms with E-state index in [1.165, 1.54) is 18.5 Å². The molecular formula is C21H22ClF2N5O. The Balaban J connectivity index is 1.56. The molecule has 4 rings (SSSR count). The molecule has 1 fully saturated rings. The fraction of sp³-hybridized carbons (Fsp3) is 0.333. The number of nitrogens with two attached hydrogens (primary N) is 1. The molecule has 2 aromatic carbocycles. The Labute approximate surface area is 178 Å². The quantitative estimate of drug-likeness (QED) is 0.446. The van der Waals surface area contributed by atoms with Crippen molar-refractivity contribution in [1.29, 1.82) is 0 Å². The highest BCUT2D eigenvalue weighted by Crippen LogP contribution is 2.34. The summed E-state index contributed by atoms with van der Waals surface area (Å²) < 4.78 is 33.6. The first-order chi connectivity index (χ1) is 14.3. The van der Waals surface area contributed by atoms with Gasteiger partial charge in [0.05, 0.1) is 22.8 Å². The van der Waals surface area contributed by atoms with Crippen molar-refractivity contribution in [2.24, 2.45) is 5.92 Å². The van der Waals surface area contributed by atoms with E-state index in [4.69, 9.17) is 22.1 Å². The van der Waals surface area contributed by atoms with Crippen LogP contribution in [0, 0.1) is 11.7 Å². The molecule has 6 nitrogen and oxygen atoms in total. The molecule has 1 saturated heterocycles. The van der Waals surface area contributed by atoms with Crippen LogP contribution in [0.2, 0.25) is 5.02 Å². The smallest absolute Gasteiger partial charge is 0.159 e. The fourth-order valence-electron chi connectivity index (χ4n) is 3.67. The topological polar surface area (TPSA) is 76.3 Å². The molecule has 0 radical (unpaired) electrons. The van der Waals surface area contributed by atoms with Gasteiger partial charge in [-0.3, -0.25) is 4.90 Å². The van der Waals surface area contributed by atoms with Gasteiger partial charge in [0, 0.05) is 29.1 Å². The molecule has 158 valence electrons. The van der Waals surface area contributed by atoms with Crippen molar-refractivity contribution in [3.8, 4) is 5.75 Å². The number of rotatable bonds is 5. The number of alkyl halides is 1. The van der Waals surface area contributed by atoms with Gasteiger partial charge in [-0.25, -0.2) is 18.7 Å². The van der Waals surface area contributed by atoms with Crippen LogP contribution < -0.4 is 15.8 Å². The van der Waals surface area contributed by atoms with E-state index >= 15 is 0 Å². The van der Waals surface area contributed by atoms with Crippen molar-refractivity contribution < 1.29 is 13.5 Å². The molecule has 3 aromatic rings. The Morgan fingerprint density at radius 3 is 2.80 bits per heavy atom. The third-order valence-electron chi connectivity index (χ3n) is 5.52. The number of halogens is 3. The molecule has 0 amide bonds. The van der Waals surface area contributed by atoms with Gasteiger partial charge < -0.3 is 15.8 Å². The molecule has 3 N–H and O–H groups in total. The Hall–Kier alpha value is -2.71. The fourth-order valence-corrected chi connectivity index (χ4v) is 3.85. The highest BCUT2D eigenvalue weighted by molar-refractivity contribution is 6.31. The van der Waals surface area contributed by atoms with Gasteiger partial charge in [0.25, 0.3) is 0 Å². The Morgan fingerprint density at radius 2 is 2.10 bits per heavy atom. The van der Waals surface area contributed by atoms with Crippen molar-refractivity contribution in [3.05, 3.63) is 47.5 Å². The minimum absolute atomic E-state index is 0.00612. The third kappa shape index (κ3) is 3.97. The van der Waals surface area contributed by atoms with Crippen LogP contribution in [-0.2, 0) is 0 Å². The summed E-state index contributed by atoms with van der Waals surface area (Å²) in [5.74, 6) is 0.229. The maximum absolute atomic E-state index is 14.4. The lowest BCUT2D eigenvalue weighted by Crippen LogP contribution is -2.30. The molecule has 0 saturated carbocycles. The lowest BCUT2D eigenvalue weighted by atomic mass is 10.1. The second kappa shape index (κ2) is 8.20. The predicted octanol–water partition coefficient (Wildman–Crippen LogP) is 4.76. The van der Waals surface area contributed by atoms with Crippen LogP contribution in [0.3, 0.4) is 0 Å². The van der Waals surface area contributed by atoms with E-state index in [0.29, 0.717) is 33.8 Å². The van der Waals surface area contributed by atoms with Crippen molar-refractivity contribution in [2.45, 2.75) is 25.7 Å². The lowest BCUT2D eigenvalue weighted by molar-refractivity contribution is 0.0796. The van der Waals surface area contributed by atoms with Crippen molar-refractivity contribution >= 4 is 39.7 Å². The number of anilines is 3. The molecule has 1 aliphatic heterocycles. The number of hydrogen-bond acceptors (Lipinski definition) is 6. The summed E-state index contributed by atoms with van der Waals surface area (Å²) >= 11 is 5.85. The molecule has 0 spiro atoms. The molecule has 30 heavy (non-hydrogen) atoms. The molecule has 0 aliphatic carbocycles. The number of nitrogen functional groups attached to an aromatic ring is 1. The average Bonchev–Trinajstić information content (AvgIpc) is 2.96. The zero-order chi connectivity index (χ0) is 21.4. The van der Waals surface area contributed by atoms with Crippen LogP contribution >= 0.6 is 11.6 Å². The molecule has 1 aliphatic rings. The summed E-state index contributed by atoms with van der Waals surface area (Å²) in [6.45, 7) is 2.23. The summed E-state index contributed by atoms with van der Waals surface area (Å²) in [4.78, 5) is 10.2. The van der Waals surface area contributed by atoms with Crippen LogP contribution in [0.1, 0.15) is 13.3 Å². The van der Waals surface area contributed by atoms with Gasteiger partial charge in [-0.15, -0.1) is 0 Å². The van der Waals surface area contributed by atoms with E-state index in [9.17, 15) is 8.78 Å². The SMILES string of the molecule is CC1CC(COc2cc3ncnc(Nc4ccc(F)c(Cl)c4)c3cc2N)C(F)N1C. The van der Waals surface area contributed by atoms with Gasteiger partial charge in [0.15, 0.2) is 6.30 Å². The average molecular weight is 434 g/mol. The number of benzene rings is 2. The maximum atomic E-state index is 14.4. The maximum Gasteiger partial charge on any atom is 0.159 e. The van der Waals surface area contributed by atoms with E-state index < -0.39 is 12.1 Å². The number of ether oxygens (including phenoxy) is 1. The van der Waals surface area contributed by atoms with Gasteiger partial charge in [0.1, 0.15) is 23.7 Å². The molecule has 3 unspecified atom stereocenters. The van der Waals surface area contributed by atoms with E-state index in [2.05, 4.69) is 15.3 Å². The van der Waals surface area contributed by atoms with Crippen LogP contribution in [0.25, 0.3) is 10.9 Å². The normalized spacial score (nSPS) is 21.8. The summed E-state index contributed by atoms with van der Waals surface area (Å²) in [7, 11) is 1.78. The van der Waals surface area contributed by atoms with E-state index in [-0.39, 0.29) is 23.6 Å². The number of nitrogens with one attached hydrogen (secondary N) is 1. The van der Waals surface area contributed by atoms with Gasteiger partial charge in [-0.2, -0.15) is 0 Å².